The number of carbonyl (C=O) groups is 1. The van der Waals surface area contributed by atoms with Crippen LogP contribution < -0.4 is 11.1 Å². The van der Waals surface area contributed by atoms with Crippen molar-refractivity contribution in [1.29, 1.82) is 0 Å². The van der Waals surface area contributed by atoms with Crippen molar-refractivity contribution in [2.45, 2.75) is 39.2 Å². The van der Waals surface area contributed by atoms with E-state index in [0.29, 0.717) is 0 Å². The molecule has 1 heterocycles. The fourth-order valence-corrected chi connectivity index (χ4v) is 3.03. The number of amides is 1. The second-order valence-corrected chi connectivity index (χ2v) is 6.35. The van der Waals surface area contributed by atoms with Gasteiger partial charge in [-0.05, 0) is 57.3 Å². The number of halogens is 2. The van der Waals surface area contributed by atoms with Gasteiger partial charge in [-0.1, -0.05) is 36.8 Å². The zero-order chi connectivity index (χ0) is 15.9. The number of benzene rings is 1. The summed E-state index contributed by atoms with van der Waals surface area (Å²) in [6, 6.07) is 7.27. The first-order valence-electron chi connectivity index (χ1n) is 8.42. The first-order valence-corrected chi connectivity index (χ1v) is 8.42. The minimum absolute atomic E-state index is 0. The number of nitrogens with zero attached hydrogens (tertiary/aromatic N) is 1. The van der Waals surface area contributed by atoms with E-state index in [1.165, 1.54) is 31.5 Å². The molecule has 0 radical (unpaired) electrons. The summed E-state index contributed by atoms with van der Waals surface area (Å²) >= 11 is 0. The summed E-state index contributed by atoms with van der Waals surface area (Å²) < 4.78 is 0. The SMILES string of the molecule is CCN1CCC(CCNC(=O)C(N)c2ccc(C)cc2)CC1.Cl.Cl. The zero-order valence-corrected chi connectivity index (χ0v) is 16.3. The van der Waals surface area contributed by atoms with Gasteiger partial charge >= 0.3 is 0 Å². The molecule has 1 aromatic carbocycles. The standard InChI is InChI=1S/C18H29N3O.2ClH/c1-3-21-12-9-15(10-13-21)8-11-20-18(22)17(19)16-6-4-14(2)5-7-16;;/h4-7,15,17H,3,8-13,19H2,1-2H3,(H,20,22);2*1H. The largest absolute Gasteiger partial charge is 0.354 e. The molecule has 0 aromatic heterocycles. The van der Waals surface area contributed by atoms with Crippen LogP contribution in [0.4, 0.5) is 0 Å². The Morgan fingerprint density at radius 2 is 1.83 bits per heavy atom. The molecule has 1 aliphatic heterocycles. The minimum Gasteiger partial charge on any atom is -0.354 e. The molecule has 2 rings (SSSR count). The van der Waals surface area contributed by atoms with E-state index in [4.69, 9.17) is 5.73 Å². The zero-order valence-electron chi connectivity index (χ0n) is 14.7. The molecule has 138 valence electrons. The van der Waals surface area contributed by atoms with Crippen LogP contribution in [0, 0.1) is 12.8 Å². The summed E-state index contributed by atoms with van der Waals surface area (Å²) in [5, 5.41) is 2.99. The number of likely N-dealkylation sites (tertiary alicyclic amines) is 1. The van der Waals surface area contributed by atoms with Crippen molar-refractivity contribution in [2.75, 3.05) is 26.2 Å². The van der Waals surface area contributed by atoms with Gasteiger partial charge in [-0.2, -0.15) is 0 Å². The molecule has 0 bridgehead atoms. The van der Waals surface area contributed by atoms with Crippen LogP contribution in [0.1, 0.15) is 43.4 Å². The van der Waals surface area contributed by atoms with Crippen molar-refractivity contribution < 1.29 is 4.79 Å². The Morgan fingerprint density at radius 3 is 2.38 bits per heavy atom. The average Bonchev–Trinajstić information content (AvgIpc) is 2.55. The normalized spacial score (nSPS) is 16.6. The van der Waals surface area contributed by atoms with Gasteiger partial charge in [0.25, 0.3) is 0 Å². The van der Waals surface area contributed by atoms with E-state index in [0.717, 1.165) is 31.0 Å². The molecular weight excluding hydrogens is 345 g/mol. The van der Waals surface area contributed by atoms with Crippen molar-refractivity contribution in [3.05, 3.63) is 35.4 Å². The van der Waals surface area contributed by atoms with Gasteiger partial charge in [0.15, 0.2) is 0 Å². The molecule has 1 saturated heterocycles. The molecule has 1 aromatic rings. The number of hydrogen-bond acceptors (Lipinski definition) is 3. The van der Waals surface area contributed by atoms with Crippen LogP contribution in [0.25, 0.3) is 0 Å². The summed E-state index contributed by atoms with van der Waals surface area (Å²) in [6.45, 7) is 8.51. The van der Waals surface area contributed by atoms with E-state index >= 15 is 0 Å². The van der Waals surface area contributed by atoms with Crippen molar-refractivity contribution in [2.24, 2.45) is 11.7 Å². The molecule has 1 amide bonds. The molecular formula is C18H31Cl2N3O. The van der Waals surface area contributed by atoms with Crippen molar-refractivity contribution in [3.8, 4) is 0 Å². The maximum Gasteiger partial charge on any atom is 0.241 e. The molecule has 4 nitrogen and oxygen atoms in total. The van der Waals surface area contributed by atoms with Crippen molar-refractivity contribution in [3.63, 3.8) is 0 Å². The van der Waals surface area contributed by atoms with E-state index in [1.807, 2.05) is 31.2 Å². The molecule has 0 spiro atoms. The first kappa shape index (κ1) is 23.2. The fourth-order valence-electron chi connectivity index (χ4n) is 3.03. The Kier molecular flexibility index (Phi) is 11.3. The van der Waals surface area contributed by atoms with Crippen molar-refractivity contribution in [1.82, 2.24) is 10.2 Å². The Hall–Kier alpha value is -0.810. The van der Waals surface area contributed by atoms with Crippen LogP contribution in [0.15, 0.2) is 24.3 Å². The Balaban J connectivity index is 0.00000264. The van der Waals surface area contributed by atoms with Crippen molar-refractivity contribution >= 4 is 30.7 Å². The average molecular weight is 376 g/mol. The van der Waals surface area contributed by atoms with Crippen LogP contribution in [-0.2, 0) is 4.79 Å². The van der Waals surface area contributed by atoms with Gasteiger partial charge in [-0.15, -0.1) is 24.8 Å². The molecule has 1 unspecified atom stereocenters. The maximum atomic E-state index is 12.1. The summed E-state index contributed by atoms with van der Waals surface area (Å²) in [4.78, 5) is 14.6. The summed E-state index contributed by atoms with van der Waals surface area (Å²) in [5.41, 5.74) is 8.08. The van der Waals surface area contributed by atoms with Gasteiger partial charge in [0.1, 0.15) is 6.04 Å². The lowest BCUT2D eigenvalue weighted by atomic mass is 9.93. The fraction of sp³-hybridized carbons (Fsp3) is 0.611. The molecule has 6 heteroatoms. The number of nitrogens with two attached hydrogens (primary N) is 1. The highest BCUT2D eigenvalue weighted by Gasteiger charge is 2.19. The summed E-state index contributed by atoms with van der Waals surface area (Å²) in [5.74, 6) is 0.661. The minimum atomic E-state index is -0.567. The molecule has 1 atom stereocenters. The first-order chi connectivity index (χ1) is 10.6. The van der Waals surface area contributed by atoms with Crippen LogP contribution in [0.2, 0.25) is 0 Å². The molecule has 0 aliphatic carbocycles. The number of aryl methyl sites for hydroxylation is 1. The molecule has 3 N–H and O–H groups in total. The molecule has 24 heavy (non-hydrogen) atoms. The predicted octanol–water partition coefficient (Wildman–Crippen LogP) is 3.08. The highest BCUT2D eigenvalue weighted by Crippen LogP contribution is 2.19. The second kappa shape index (κ2) is 11.7. The third-order valence-corrected chi connectivity index (χ3v) is 4.73. The Bertz CT molecular complexity index is 474. The summed E-state index contributed by atoms with van der Waals surface area (Å²) in [6.07, 6.45) is 3.55. The van der Waals surface area contributed by atoms with E-state index in [2.05, 4.69) is 17.1 Å². The molecule has 0 saturated carbocycles. The van der Waals surface area contributed by atoms with E-state index < -0.39 is 6.04 Å². The molecule has 1 fully saturated rings. The van der Waals surface area contributed by atoms with E-state index in [9.17, 15) is 4.79 Å². The van der Waals surface area contributed by atoms with Gasteiger partial charge in [-0.25, -0.2) is 0 Å². The maximum absolute atomic E-state index is 12.1. The second-order valence-electron chi connectivity index (χ2n) is 6.35. The predicted molar refractivity (Wildman–Crippen MR) is 105 cm³/mol. The van der Waals surface area contributed by atoms with E-state index in [-0.39, 0.29) is 30.7 Å². The van der Waals surface area contributed by atoms with Gasteiger partial charge in [0.2, 0.25) is 5.91 Å². The third kappa shape index (κ3) is 6.98. The Labute approximate surface area is 158 Å². The lowest BCUT2D eigenvalue weighted by molar-refractivity contribution is -0.122. The summed E-state index contributed by atoms with van der Waals surface area (Å²) in [7, 11) is 0. The monoisotopic (exact) mass is 375 g/mol. The topological polar surface area (TPSA) is 58.4 Å². The third-order valence-electron chi connectivity index (χ3n) is 4.73. The van der Waals surface area contributed by atoms with Crippen LogP contribution in [-0.4, -0.2) is 37.0 Å². The van der Waals surface area contributed by atoms with Gasteiger partial charge < -0.3 is 16.0 Å². The number of carbonyl (C=O) groups excluding carboxylic acids is 1. The van der Waals surface area contributed by atoms with Crippen LogP contribution in [0.5, 0.6) is 0 Å². The molecule has 1 aliphatic rings. The quantitative estimate of drug-likeness (QED) is 0.802. The van der Waals surface area contributed by atoms with Gasteiger partial charge in [0.05, 0.1) is 0 Å². The van der Waals surface area contributed by atoms with Crippen LogP contribution >= 0.6 is 24.8 Å². The number of rotatable bonds is 6. The smallest absolute Gasteiger partial charge is 0.241 e. The number of nitrogens with one attached hydrogen (secondary N) is 1. The van der Waals surface area contributed by atoms with Gasteiger partial charge in [0, 0.05) is 6.54 Å². The Morgan fingerprint density at radius 1 is 1.25 bits per heavy atom. The highest BCUT2D eigenvalue weighted by atomic mass is 35.5. The van der Waals surface area contributed by atoms with Crippen LogP contribution in [0.3, 0.4) is 0 Å². The number of hydrogen-bond donors (Lipinski definition) is 2. The lowest BCUT2D eigenvalue weighted by Crippen LogP contribution is -2.37. The highest BCUT2D eigenvalue weighted by molar-refractivity contribution is 5.85. The van der Waals surface area contributed by atoms with Gasteiger partial charge in [-0.3, -0.25) is 4.79 Å². The number of piperidine rings is 1. The lowest BCUT2D eigenvalue weighted by Gasteiger charge is -2.31. The van der Waals surface area contributed by atoms with E-state index in [1.54, 1.807) is 0 Å².